The topological polar surface area (TPSA) is 33.5 Å². The number of hydrogen-bond acceptors (Lipinski definition) is 4. The summed E-state index contributed by atoms with van der Waals surface area (Å²) in [5.74, 6) is 5.67. The first-order valence-corrected chi connectivity index (χ1v) is 20.7. The van der Waals surface area contributed by atoms with Gasteiger partial charge in [0.2, 0.25) is 0 Å². The zero-order valence-electron chi connectivity index (χ0n) is 31.9. The number of rotatable bonds is 7. The van der Waals surface area contributed by atoms with Crippen molar-refractivity contribution in [2.45, 2.75) is 37.5 Å². The van der Waals surface area contributed by atoms with Crippen LogP contribution in [0.5, 0.6) is 11.5 Å². The van der Waals surface area contributed by atoms with E-state index in [9.17, 15) is 0 Å². The molecule has 5 heteroatoms. The second-order valence-electron chi connectivity index (χ2n) is 16.9. The Morgan fingerprint density at radius 3 is 1.89 bits per heavy atom. The van der Waals surface area contributed by atoms with Crippen LogP contribution < -0.4 is 14.5 Å². The van der Waals surface area contributed by atoms with Crippen molar-refractivity contribution >= 4 is 44.6 Å². The van der Waals surface area contributed by atoms with Gasteiger partial charge in [0.1, 0.15) is 24.0 Å². The fraction of sp³-hybridized carbons (Fsp3) is 0.212. The number of pyridine rings is 1. The Kier molecular flexibility index (Phi) is 7.41. The van der Waals surface area contributed by atoms with E-state index in [1.165, 1.54) is 71.1 Å². The highest BCUT2D eigenvalue weighted by molar-refractivity contribution is 6.09. The highest BCUT2D eigenvalue weighted by Crippen LogP contribution is 2.65. The van der Waals surface area contributed by atoms with Gasteiger partial charge in [-0.25, -0.2) is 4.98 Å². The number of ether oxygens (including phenoxy) is 1. The van der Waals surface area contributed by atoms with Gasteiger partial charge >= 0.3 is 0 Å². The highest BCUT2D eigenvalue weighted by Gasteiger charge is 2.58. The minimum atomic E-state index is 0.0123. The third-order valence-electron chi connectivity index (χ3n) is 14.0. The van der Waals surface area contributed by atoms with Crippen molar-refractivity contribution in [1.29, 1.82) is 0 Å². The lowest BCUT2D eigenvalue weighted by Crippen LogP contribution is -2.56. The highest BCUT2D eigenvalue weighted by atomic mass is 16.5. The van der Waals surface area contributed by atoms with E-state index in [2.05, 4.69) is 184 Å². The number of para-hydroxylation sites is 4. The number of fused-ring (bicyclic) bond motifs is 4. The summed E-state index contributed by atoms with van der Waals surface area (Å²) in [6, 6.07) is 59.2. The minimum absolute atomic E-state index is 0.0123. The molecular formula is C52H44N4O. The molecule has 0 saturated heterocycles. The van der Waals surface area contributed by atoms with Crippen molar-refractivity contribution in [3.63, 3.8) is 0 Å². The third-order valence-corrected chi connectivity index (χ3v) is 14.0. The van der Waals surface area contributed by atoms with E-state index in [-0.39, 0.29) is 5.41 Å². The van der Waals surface area contributed by atoms with E-state index >= 15 is 0 Å². The third kappa shape index (κ3) is 5.11. The molecule has 2 aromatic heterocycles. The summed E-state index contributed by atoms with van der Waals surface area (Å²) < 4.78 is 9.12. The summed E-state index contributed by atoms with van der Waals surface area (Å²) in [5, 5.41) is 2.41. The zero-order chi connectivity index (χ0) is 37.5. The largest absolute Gasteiger partial charge is 0.457 e. The molecular weight excluding hydrogens is 697 g/mol. The molecule has 0 amide bonds. The van der Waals surface area contributed by atoms with Gasteiger partial charge in [-0.2, -0.15) is 0 Å². The Morgan fingerprint density at radius 1 is 0.491 bits per heavy atom. The van der Waals surface area contributed by atoms with Gasteiger partial charge in [0.05, 0.1) is 22.4 Å². The van der Waals surface area contributed by atoms with Crippen molar-refractivity contribution in [2.24, 2.45) is 23.7 Å². The van der Waals surface area contributed by atoms with Crippen LogP contribution in [0.15, 0.2) is 170 Å². The lowest BCUT2D eigenvalue weighted by Gasteiger charge is -2.62. The molecule has 0 atom stereocenters. The Labute approximate surface area is 333 Å². The summed E-state index contributed by atoms with van der Waals surface area (Å²) in [7, 11) is 0. The van der Waals surface area contributed by atoms with Gasteiger partial charge in [-0.15, -0.1) is 0 Å². The molecule has 8 aromatic rings. The van der Waals surface area contributed by atoms with Crippen molar-refractivity contribution in [3.8, 4) is 17.3 Å². The van der Waals surface area contributed by atoms with Crippen molar-refractivity contribution in [3.05, 3.63) is 181 Å². The van der Waals surface area contributed by atoms with E-state index in [0.29, 0.717) is 11.8 Å². The predicted molar refractivity (Wildman–Crippen MR) is 231 cm³/mol. The first-order valence-electron chi connectivity index (χ1n) is 20.7. The van der Waals surface area contributed by atoms with E-state index in [1.54, 1.807) is 0 Å². The van der Waals surface area contributed by atoms with Gasteiger partial charge in [0, 0.05) is 45.9 Å². The molecule has 13 rings (SSSR count). The number of anilines is 4. The van der Waals surface area contributed by atoms with Gasteiger partial charge in [-0.3, -0.25) is 4.57 Å². The normalized spacial score (nSPS) is 23.4. The van der Waals surface area contributed by atoms with Gasteiger partial charge in [0.25, 0.3) is 0 Å². The molecule has 6 aromatic carbocycles. The van der Waals surface area contributed by atoms with Crippen LogP contribution in [0.2, 0.25) is 0 Å². The first-order chi connectivity index (χ1) is 28.2. The number of hydrogen-bond donors (Lipinski definition) is 0. The quantitative estimate of drug-likeness (QED) is 0.163. The smallest absolute Gasteiger partial charge is 0.137 e. The second kappa shape index (κ2) is 12.9. The van der Waals surface area contributed by atoms with Crippen LogP contribution in [0.4, 0.5) is 22.7 Å². The van der Waals surface area contributed by atoms with E-state index in [4.69, 9.17) is 9.72 Å². The Bertz CT molecular complexity index is 2760. The first kappa shape index (κ1) is 32.9. The molecule has 278 valence electrons. The molecule has 1 aliphatic heterocycles. The van der Waals surface area contributed by atoms with Crippen LogP contribution in [0.1, 0.15) is 43.2 Å². The Balaban J connectivity index is 0.932. The molecule has 0 N–H and O–H groups in total. The molecule has 0 unspecified atom stereocenters. The SMILES string of the molecule is c1ccc(N2CN(c3cccc(Oc4ccc5c6ccccc6n(-c6cc(C7(c8ccccc8)C8CC9CC(C8)CC7C9)ccn6)c5c4)c3)c3ccccc32)cc1. The molecule has 0 spiro atoms. The van der Waals surface area contributed by atoms with Gasteiger partial charge in [-0.1, -0.05) is 84.9 Å². The average molecular weight is 741 g/mol. The van der Waals surface area contributed by atoms with Crippen molar-refractivity contribution < 1.29 is 4.74 Å². The van der Waals surface area contributed by atoms with Crippen LogP contribution >= 0.6 is 0 Å². The molecule has 5 aliphatic rings. The van der Waals surface area contributed by atoms with E-state index < -0.39 is 0 Å². The average Bonchev–Trinajstić information content (AvgIpc) is 3.81. The van der Waals surface area contributed by atoms with E-state index in [1.807, 2.05) is 0 Å². The molecule has 3 heterocycles. The summed E-state index contributed by atoms with van der Waals surface area (Å²) in [4.78, 5) is 9.87. The Morgan fingerprint density at radius 2 is 1.12 bits per heavy atom. The van der Waals surface area contributed by atoms with Crippen LogP contribution in [-0.4, -0.2) is 16.2 Å². The standard InChI is InChI=1S/C52H44N4O/c1-3-12-37(13-4-1)52(39-27-35-26-36(29-39)30-40(52)28-35)38-24-25-53-51(31-38)56-47-19-8-7-18-45(47)46-23-22-44(33-50(46)56)57-43-17-11-16-42(32-43)55-34-54(41-14-5-2-6-15-41)48-20-9-10-21-49(48)55/h1-25,31-33,35-36,39-40H,26-30,34H2. The monoisotopic (exact) mass is 740 g/mol. The van der Waals surface area contributed by atoms with Crippen LogP contribution in [0.25, 0.3) is 27.6 Å². The van der Waals surface area contributed by atoms with Crippen molar-refractivity contribution in [1.82, 2.24) is 9.55 Å². The molecule has 4 saturated carbocycles. The van der Waals surface area contributed by atoms with Crippen molar-refractivity contribution in [2.75, 3.05) is 16.5 Å². The van der Waals surface area contributed by atoms with E-state index in [0.717, 1.165) is 52.5 Å². The van der Waals surface area contributed by atoms with Crippen LogP contribution in [-0.2, 0) is 5.41 Å². The maximum absolute atomic E-state index is 6.76. The molecule has 5 nitrogen and oxygen atoms in total. The minimum Gasteiger partial charge on any atom is -0.457 e. The summed E-state index contributed by atoms with van der Waals surface area (Å²) >= 11 is 0. The maximum Gasteiger partial charge on any atom is 0.137 e. The van der Waals surface area contributed by atoms with Crippen LogP contribution in [0, 0.1) is 23.7 Å². The number of nitrogens with zero attached hydrogens (tertiary/aromatic N) is 4. The van der Waals surface area contributed by atoms with Crippen LogP contribution in [0.3, 0.4) is 0 Å². The maximum atomic E-state index is 6.76. The molecule has 57 heavy (non-hydrogen) atoms. The lowest BCUT2D eigenvalue weighted by atomic mass is 9.42. The number of aromatic nitrogens is 2. The van der Waals surface area contributed by atoms with Gasteiger partial charge in [0.15, 0.2) is 0 Å². The van der Waals surface area contributed by atoms with Gasteiger partial charge in [-0.05, 0) is 134 Å². The molecule has 4 bridgehead atoms. The summed E-state index contributed by atoms with van der Waals surface area (Å²) in [6.07, 6.45) is 8.87. The number of benzene rings is 6. The zero-order valence-corrected chi connectivity index (χ0v) is 31.9. The summed E-state index contributed by atoms with van der Waals surface area (Å²) in [6.45, 7) is 0.721. The second-order valence-corrected chi connectivity index (χ2v) is 16.9. The molecule has 0 radical (unpaired) electrons. The molecule has 4 aliphatic carbocycles. The fourth-order valence-electron chi connectivity index (χ4n) is 11.9. The Hall–Kier alpha value is -6.33. The fourth-order valence-corrected chi connectivity index (χ4v) is 11.9. The molecule has 4 fully saturated rings. The lowest BCUT2D eigenvalue weighted by molar-refractivity contribution is -0.0418. The predicted octanol–water partition coefficient (Wildman–Crippen LogP) is 13.0. The summed E-state index contributed by atoms with van der Waals surface area (Å²) in [5.41, 5.74) is 9.83. The van der Waals surface area contributed by atoms with Gasteiger partial charge < -0.3 is 14.5 Å².